The summed E-state index contributed by atoms with van der Waals surface area (Å²) in [5.41, 5.74) is 0.994. The van der Waals surface area contributed by atoms with Crippen LogP contribution in [-0.4, -0.2) is 76.1 Å². The molecule has 25 heavy (non-hydrogen) atoms. The quantitative estimate of drug-likeness (QED) is 0.802. The zero-order valence-corrected chi connectivity index (χ0v) is 15.7. The van der Waals surface area contributed by atoms with Crippen LogP contribution >= 0.6 is 0 Å². The van der Waals surface area contributed by atoms with E-state index in [0.717, 1.165) is 32.7 Å². The maximum Gasteiger partial charge on any atom is 0.225 e. The maximum absolute atomic E-state index is 12.6. The molecular formula is C18H29N5O2. The highest BCUT2D eigenvalue weighted by Crippen LogP contribution is 2.35. The molecule has 0 unspecified atom stereocenters. The summed E-state index contributed by atoms with van der Waals surface area (Å²) in [6, 6.07) is 0. The smallest absolute Gasteiger partial charge is 0.225 e. The van der Waals surface area contributed by atoms with Gasteiger partial charge >= 0.3 is 0 Å². The van der Waals surface area contributed by atoms with Crippen molar-refractivity contribution in [2.45, 2.75) is 26.8 Å². The van der Waals surface area contributed by atoms with Gasteiger partial charge in [0.05, 0.1) is 6.20 Å². The van der Waals surface area contributed by atoms with Crippen LogP contribution in [0.4, 0.5) is 0 Å². The van der Waals surface area contributed by atoms with Crippen molar-refractivity contribution < 1.29 is 9.59 Å². The largest absolute Gasteiger partial charge is 0.345 e. The first-order valence-corrected chi connectivity index (χ1v) is 9.01. The van der Waals surface area contributed by atoms with Crippen molar-refractivity contribution in [1.29, 1.82) is 0 Å². The molecule has 2 aliphatic rings. The molecular weight excluding hydrogens is 318 g/mol. The van der Waals surface area contributed by atoms with Gasteiger partial charge in [0.1, 0.15) is 0 Å². The highest BCUT2D eigenvalue weighted by atomic mass is 16.2. The summed E-state index contributed by atoms with van der Waals surface area (Å²) in [7, 11) is 3.78. The third-order valence-electron chi connectivity index (χ3n) is 5.27. The van der Waals surface area contributed by atoms with Crippen LogP contribution in [0, 0.1) is 11.3 Å². The summed E-state index contributed by atoms with van der Waals surface area (Å²) in [5.74, 6) is 0.349. The fourth-order valence-corrected chi connectivity index (χ4v) is 4.16. The van der Waals surface area contributed by atoms with E-state index in [-0.39, 0.29) is 23.1 Å². The first kappa shape index (κ1) is 17.9. The van der Waals surface area contributed by atoms with Gasteiger partial charge in [0, 0.05) is 82.9 Å². The molecule has 1 spiro atoms. The van der Waals surface area contributed by atoms with Crippen LogP contribution in [0.3, 0.4) is 0 Å². The highest BCUT2D eigenvalue weighted by Gasteiger charge is 2.46. The lowest BCUT2D eigenvalue weighted by molar-refractivity contribution is -0.135. The van der Waals surface area contributed by atoms with Crippen LogP contribution in [0.5, 0.6) is 0 Å². The fraction of sp³-hybridized carbons (Fsp3) is 0.722. The molecule has 7 nitrogen and oxygen atoms in total. The van der Waals surface area contributed by atoms with Gasteiger partial charge in [-0.3, -0.25) is 19.2 Å². The molecule has 0 bridgehead atoms. The van der Waals surface area contributed by atoms with E-state index in [9.17, 15) is 9.59 Å². The third kappa shape index (κ3) is 3.86. The number of likely N-dealkylation sites (tertiary alicyclic amines) is 1. The Balaban J connectivity index is 1.81. The molecule has 0 radical (unpaired) electrons. The summed E-state index contributed by atoms with van der Waals surface area (Å²) in [4.78, 5) is 31.0. The molecule has 2 fully saturated rings. The van der Waals surface area contributed by atoms with Crippen LogP contribution in [0.15, 0.2) is 12.4 Å². The molecule has 2 saturated heterocycles. The number of aromatic nitrogens is 2. The molecule has 0 saturated carbocycles. The van der Waals surface area contributed by atoms with E-state index >= 15 is 0 Å². The van der Waals surface area contributed by atoms with Crippen LogP contribution in [0.2, 0.25) is 0 Å². The second-order valence-corrected chi connectivity index (χ2v) is 8.07. The Bertz CT molecular complexity index is 656. The molecule has 7 heteroatoms. The van der Waals surface area contributed by atoms with Crippen molar-refractivity contribution in [3.05, 3.63) is 18.0 Å². The lowest BCUT2D eigenvalue weighted by Gasteiger charge is -2.33. The number of hydrogen-bond donors (Lipinski definition) is 0. The molecule has 3 heterocycles. The van der Waals surface area contributed by atoms with Crippen LogP contribution in [-0.2, 0) is 23.2 Å². The molecule has 138 valence electrons. The molecule has 0 aromatic carbocycles. The molecule has 1 aromatic rings. The molecule has 0 N–H and O–H groups in total. The highest BCUT2D eigenvalue weighted by molar-refractivity contribution is 5.80. The fourth-order valence-electron chi connectivity index (χ4n) is 4.16. The summed E-state index contributed by atoms with van der Waals surface area (Å²) < 4.78 is 1.81. The summed E-state index contributed by atoms with van der Waals surface area (Å²) >= 11 is 0. The molecule has 1 atom stereocenters. The first-order chi connectivity index (χ1) is 11.8. The van der Waals surface area contributed by atoms with E-state index in [0.29, 0.717) is 13.0 Å². The number of amides is 2. The SMILES string of the molecule is CC(C)C(=O)N1CCN(Cc2cnn(C)c2)C[C@]2(CC(=O)N(C)C2)C1. The Labute approximate surface area is 149 Å². The summed E-state index contributed by atoms with van der Waals surface area (Å²) in [5, 5.41) is 4.25. The first-order valence-electron chi connectivity index (χ1n) is 9.01. The van der Waals surface area contributed by atoms with Gasteiger partial charge in [0.25, 0.3) is 0 Å². The van der Waals surface area contributed by atoms with E-state index in [4.69, 9.17) is 0 Å². The standard InChI is InChI=1S/C18H29N5O2/c1-14(2)17(25)23-6-5-22(10-15-8-19-21(4)9-15)12-18(13-23)7-16(24)20(3)11-18/h8-9,14H,5-7,10-13H2,1-4H3/t18-/m1/s1. The normalized spacial score (nSPS) is 25.2. The van der Waals surface area contributed by atoms with Crippen molar-refractivity contribution in [2.24, 2.45) is 18.4 Å². The molecule has 2 amide bonds. The number of aryl methyl sites for hydroxylation is 1. The molecule has 1 aromatic heterocycles. The van der Waals surface area contributed by atoms with Gasteiger partial charge in [-0.25, -0.2) is 0 Å². The number of rotatable bonds is 3. The van der Waals surface area contributed by atoms with Gasteiger partial charge in [-0.2, -0.15) is 5.10 Å². The van der Waals surface area contributed by atoms with E-state index < -0.39 is 0 Å². The average Bonchev–Trinajstić information content (AvgIpc) is 2.99. The van der Waals surface area contributed by atoms with Gasteiger partial charge in [0.15, 0.2) is 0 Å². The van der Waals surface area contributed by atoms with Crippen molar-refractivity contribution in [3.63, 3.8) is 0 Å². The van der Waals surface area contributed by atoms with E-state index in [2.05, 4.69) is 10.00 Å². The zero-order chi connectivity index (χ0) is 18.2. The van der Waals surface area contributed by atoms with Crippen LogP contribution in [0.25, 0.3) is 0 Å². The Kier molecular flexibility index (Phi) is 4.86. The number of carbonyl (C=O) groups is 2. The van der Waals surface area contributed by atoms with Gasteiger partial charge in [-0.15, -0.1) is 0 Å². The topological polar surface area (TPSA) is 61.7 Å². The summed E-state index contributed by atoms with van der Waals surface area (Å²) in [6.45, 7) is 8.46. The van der Waals surface area contributed by atoms with Crippen LogP contribution in [0.1, 0.15) is 25.8 Å². The number of hydrogen-bond acceptors (Lipinski definition) is 4. The predicted octanol–water partition coefficient (Wildman–Crippen LogP) is 0.569. The molecule has 2 aliphatic heterocycles. The second kappa shape index (κ2) is 6.78. The predicted molar refractivity (Wildman–Crippen MR) is 94.6 cm³/mol. The average molecular weight is 347 g/mol. The Hall–Kier alpha value is -1.89. The third-order valence-corrected chi connectivity index (χ3v) is 5.27. The Morgan fingerprint density at radius 2 is 2.00 bits per heavy atom. The van der Waals surface area contributed by atoms with E-state index in [1.54, 1.807) is 0 Å². The van der Waals surface area contributed by atoms with Crippen molar-refractivity contribution in [3.8, 4) is 0 Å². The number of nitrogens with zero attached hydrogens (tertiary/aromatic N) is 5. The van der Waals surface area contributed by atoms with Gasteiger partial charge in [-0.05, 0) is 0 Å². The zero-order valence-electron chi connectivity index (χ0n) is 15.7. The van der Waals surface area contributed by atoms with E-state index in [1.165, 1.54) is 5.56 Å². The van der Waals surface area contributed by atoms with Crippen molar-refractivity contribution >= 4 is 11.8 Å². The minimum Gasteiger partial charge on any atom is -0.345 e. The number of carbonyl (C=O) groups excluding carboxylic acids is 2. The Morgan fingerprint density at radius 3 is 2.56 bits per heavy atom. The lowest BCUT2D eigenvalue weighted by Crippen LogP contribution is -2.45. The minimum atomic E-state index is -0.172. The monoisotopic (exact) mass is 347 g/mol. The van der Waals surface area contributed by atoms with Gasteiger partial charge in [0.2, 0.25) is 11.8 Å². The van der Waals surface area contributed by atoms with Crippen LogP contribution < -0.4 is 0 Å². The molecule has 0 aliphatic carbocycles. The van der Waals surface area contributed by atoms with E-state index in [1.807, 2.05) is 54.8 Å². The summed E-state index contributed by atoms with van der Waals surface area (Å²) in [6.07, 6.45) is 4.44. The Morgan fingerprint density at radius 1 is 1.24 bits per heavy atom. The molecule has 3 rings (SSSR count). The van der Waals surface area contributed by atoms with Gasteiger partial charge < -0.3 is 9.80 Å². The lowest BCUT2D eigenvalue weighted by atomic mass is 9.85. The minimum absolute atomic E-state index is 0.0169. The van der Waals surface area contributed by atoms with Gasteiger partial charge in [-0.1, -0.05) is 13.8 Å². The second-order valence-electron chi connectivity index (χ2n) is 8.07. The van der Waals surface area contributed by atoms with Crippen molar-refractivity contribution in [2.75, 3.05) is 39.8 Å². The maximum atomic E-state index is 12.6. The van der Waals surface area contributed by atoms with Crippen molar-refractivity contribution in [1.82, 2.24) is 24.5 Å².